The van der Waals surface area contributed by atoms with E-state index >= 15 is 0 Å². The number of hydrogen-bond acceptors (Lipinski definition) is 3. The lowest BCUT2D eigenvalue weighted by Gasteiger charge is -2.35. The van der Waals surface area contributed by atoms with E-state index in [4.69, 9.17) is 16.6 Å². The Morgan fingerprint density at radius 2 is 1.90 bits per heavy atom. The molecule has 3 aromatic rings. The number of hydrogen-bond donors (Lipinski definition) is 1. The third-order valence-corrected chi connectivity index (χ3v) is 6.48. The topological polar surface area (TPSA) is 52.2 Å². The Labute approximate surface area is 175 Å². The third-order valence-electron chi connectivity index (χ3n) is 6.15. The van der Waals surface area contributed by atoms with E-state index in [9.17, 15) is 4.79 Å². The molecule has 2 aromatic carbocycles. The fraction of sp³-hybridized carbons (Fsp3) is 0.391. The van der Waals surface area contributed by atoms with E-state index in [-0.39, 0.29) is 5.92 Å². The molecule has 0 bridgehead atoms. The number of aromatic nitrogens is 2. The number of nitrogens with zero attached hydrogens (tertiary/aromatic N) is 3. The number of nitrogens with one attached hydrogen (secondary N) is 1. The van der Waals surface area contributed by atoms with Crippen molar-refractivity contribution in [1.29, 1.82) is 0 Å². The van der Waals surface area contributed by atoms with Gasteiger partial charge in [-0.2, -0.15) is 0 Å². The van der Waals surface area contributed by atoms with Crippen LogP contribution in [0.1, 0.15) is 25.7 Å². The van der Waals surface area contributed by atoms with Crippen LogP contribution in [0.2, 0.25) is 5.02 Å². The minimum Gasteiger partial charge on any atom is -0.371 e. The molecule has 1 aromatic heterocycles. The van der Waals surface area contributed by atoms with Crippen LogP contribution in [0.5, 0.6) is 0 Å². The number of amides is 1. The van der Waals surface area contributed by atoms with Gasteiger partial charge in [0, 0.05) is 37.4 Å². The van der Waals surface area contributed by atoms with E-state index in [1.807, 2.05) is 30.3 Å². The third kappa shape index (κ3) is 3.60. The Morgan fingerprint density at radius 1 is 1.07 bits per heavy atom. The number of anilines is 1. The molecule has 2 aliphatic heterocycles. The van der Waals surface area contributed by atoms with Crippen LogP contribution in [0.15, 0.2) is 42.5 Å². The second-order valence-electron chi connectivity index (χ2n) is 8.08. The highest BCUT2D eigenvalue weighted by molar-refractivity contribution is 6.33. The van der Waals surface area contributed by atoms with Crippen molar-refractivity contribution in [2.24, 2.45) is 5.92 Å². The van der Waals surface area contributed by atoms with Gasteiger partial charge in [-0.05, 0) is 56.0 Å². The van der Waals surface area contributed by atoms with Crippen molar-refractivity contribution in [3.63, 3.8) is 0 Å². The second kappa shape index (κ2) is 7.71. The average Bonchev–Trinajstić information content (AvgIpc) is 3.43. The van der Waals surface area contributed by atoms with Crippen molar-refractivity contribution in [2.75, 3.05) is 31.1 Å². The SMILES string of the molecule is O=C([C@@H]1CCCN(c2ccc(Cl)c(-c3nc4ccccc4[nH]3)c2)C1)N1CCCC1. The summed E-state index contributed by atoms with van der Waals surface area (Å²) in [6.45, 7) is 3.58. The molecule has 5 nitrogen and oxygen atoms in total. The molecule has 2 fully saturated rings. The molecular formula is C23H25ClN4O. The van der Waals surface area contributed by atoms with Gasteiger partial charge in [0.1, 0.15) is 5.82 Å². The van der Waals surface area contributed by atoms with E-state index < -0.39 is 0 Å². The monoisotopic (exact) mass is 408 g/mol. The molecule has 1 atom stereocenters. The first-order valence-corrected chi connectivity index (χ1v) is 10.9. The summed E-state index contributed by atoms with van der Waals surface area (Å²) in [5, 5.41) is 0.675. The predicted molar refractivity (Wildman–Crippen MR) is 117 cm³/mol. The highest BCUT2D eigenvalue weighted by Gasteiger charge is 2.30. The number of carbonyl (C=O) groups is 1. The first kappa shape index (κ1) is 18.5. The second-order valence-corrected chi connectivity index (χ2v) is 8.49. The zero-order chi connectivity index (χ0) is 19.8. The van der Waals surface area contributed by atoms with Crippen LogP contribution in [0.4, 0.5) is 5.69 Å². The number of aromatic amines is 1. The molecular weight excluding hydrogens is 384 g/mol. The molecule has 2 aliphatic rings. The molecule has 29 heavy (non-hydrogen) atoms. The zero-order valence-electron chi connectivity index (χ0n) is 16.4. The van der Waals surface area contributed by atoms with Gasteiger partial charge in [-0.15, -0.1) is 0 Å². The lowest BCUT2D eigenvalue weighted by Crippen LogP contribution is -2.44. The zero-order valence-corrected chi connectivity index (χ0v) is 17.2. The summed E-state index contributed by atoms with van der Waals surface area (Å²) in [5.41, 5.74) is 3.92. The van der Waals surface area contributed by atoms with Gasteiger partial charge in [-0.1, -0.05) is 23.7 Å². The molecule has 2 saturated heterocycles. The van der Waals surface area contributed by atoms with Gasteiger partial charge >= 0.3 is 0 Å². The van der Waals surface area contributed by atoms with Crippen LogP contribution < -0.4 is 4.90 Å². The Hall–Kier alpha value is -2.53. The Kier molecular flexibility index (Phi) is 4.92. The van der Waals surface area contributed by atoms with Gasteiger partial charge in [0.05, 0.1) is 22.0 Å². The van der Waals surface area contributed by atoms with Gasteiger partial charge in [-0.25, -0.2) is 4.98 Å². The highest BCUT2D eigenvalue weighted by Crippen LogP contribution is 2.33. The van der Waals surface area contributed by atoms with Crippen molar-refractivity contribution in [3.05, 3.63) is 47.5 Å². The fourth-order valence-corrected chi connectivity index (χ4v) is 4.79. The Bertz CT molecular complexity index is 1010. The number of rotatable bonds is 3. The molecule has 0 aliphatic carbocycles. The summed E-state index contributed by atoms with van der Waals surface area (Å²) in [6, 6.07) is 14.1. The van der Waals surface area contributed by atoms with Crippen LogP contribution in [0.25, 0.3) is 22.4 Å². The number of carbonyl (C=O) groups excluding carboxylic acids is 1. The minimum atomic E-state index is 0.0900. The quantitative estimate of drug-likeness (QED) is 0.682. The molecule has 0 radical (unpaired) electrons. The summed E-state index contributed by atoms with van der Waals surface area (Å²) in [5.74, 6) is 1.20. The summed E-state index contributed by atoms with van der Waals surface area (Å²) >= 11 is 6.52. The number of fused-ring (bicyclic) bond motifs is 1. The van der Waals surface area contributed by atoms with Crippen molar-refractivity contribution in [2.45, 2.75) is 25.7 Å². The molecule has 6 heteroatoms. The lowest BCUT2D eigenvalue weighted by molar-refractivity contribution is -0.134. The fourth-order valence-electron chi connectivity index (χ4n) is 4.58. The summed E-state index contributed by atoms with van der Waals surface area (Å²) in [6.07, 6.45) is 4.29. The van der Waals surface area contributed by atoms with Crippen LogP contribution >= 0.6 is 11.6 Å². The number of piperidine rings is 1. The number of benzene rings is 2. The molecule has 3 heterocycles. The Balaban J connectivity index is 1.41. The van der Waals surface area contributed by atoms with E-state index in [0.717, 1.165) is 80.0 Å². The molecule has 5 rings (SSSR count). The number of para-hydroxylation sites is 2. The maximum Gasteiger partial charge on any atom is 0.227 e. The van der Waals surface area contributed by atoms with E-state index in [1.54, 1.807) is 0 Å². The lowest BCUT2D eigenvalue weighted by atomic mass is 9.96. The summed E-state index contributed by atoms with van der Waals surface area (Å²) in [7, 11) is 0. The summed E-state index contributed by atoms with van der Waals surface area (Å²) in [4.78, 5) is 25.3. The van der Waals surface area contributed by atoms with Gasteiger partial charge in [0.25, 0.3) is 0 Å². The van der Waals surface area contributed by atoms with Crippen LogP contribution in [0.3, 0.4) is 0 Å². The average molecular weight is 409 g/mol. The smallest absolute Gasteiger partial charge is 0.227 e. The molecule has 0 unspecified atom stereocenters. The van der Waals surface area contributed by atoms with E-state index in [1.165, 1.54) is 0 Å². The van der Waals surface area contributed by atoms with Gasteiger partial charge in [0.2, 0.25) is 5.91 Å². The Morgan fingerprint density at radius 3 is 2.72 bits per heavy atom. The van der Waals surface area contributed by atoms with Crippen LogP contribution in [0, 0.1) is 5.92 Å². The van der Waals surface area contributed by atoms with Crippen molar-refractivity contribution >= 4 is 34.2 Å². The van der Waals surface area contributed by atoms with Crippen molar-refractivity contribution in [1.82, 2.24) is 14.9 Å². The maximum atomic E-state index is 12.9. The number of H-pyrrole nitrogens is 1. The molecule has 0 spiro atoms. The van der Waals surface area contributed by atoms with E-state index in [0.29, 0.717) is 10.9 Å². The van der Waals surface area contributed by atoms with Gasteiger partial charge in [-0.3, -0.25) is 4.79 Å². The standard InChI is InChI=1S/C23H25ClN4O/c24-19-10-9-17(14-18(19)22-25-20-7-1-2-8-21(20)26-22)28-13-5-6-16(15-28)23(29)27-11-3-4-12-27/h1-2,7-10,14,16H,3-6,11-13,15H2,(H,25,26)/t16-/m1/s1. The number of halogens is 1. The summed E-state index contributed by atoms with van der Waals surface area (Å²) < 4.78 is 0. The van der Waals surface area contributed by atoms with Crippen LogP contribution in [-0.2, 0) is 4.79 Å². The maximum absolute atomic E-state index is 12.9. The van der Waals surface area contributed by atoms with E-state index in [2.05, 4.69) is 26.9 Å². The van der Waals surface area contributed by atoms with Gasteiger partial charge in [0.15, 0.2) is 0 Å². The number of likely N-dealkylation sites (tertiary alicyclic amines) is 1. The van der Waals surface area contributed by atoms with Crippen molar-refractivity contribution in [3.8, 4) is 11.4 Å². The largest absolute Gasteiger partial charge is 0.371 e. The molecule has 1 amide bonds. The molecule has 150 valence electrons. The normalized spacial score (nSPS) is 19.8. The highest BCUT2D eigenvalue weighted by atomic mass is 35.5. The first-order valence-electron chi connectivity index (χ1n) is 10.5. The van der Waals surface area contributed by atoms with Gasteiger partial charge < -0.3 is 14.8 Å². The van der Waals surface area contributed by atoms with Crippen molar-refractivity contribution < 1.29 is 4.79 Å². The molecule has 1 N–H and O–H groups in total. The van der Waals surface area contributed by atoms with Crippen LogP contribution in [-0.4, -0.2) is 47.0 Å². The number of imidazole rings is 1. The minimum absolute atomic E-state index is 0.0900. The molecule has 0 saturated carbocycles. The predicted octanol–water partition coefficient (Wildman–Crippen LogP) is 4.72. The first-order chi connectivity index (χ1) is 14.2.